The number of nitrogens with one attached hydrogen (secondary N) is 1. The third-order valence-corrected chi connectivity index (χ3v) is 4.93. The number of aromatic nitrogens is 2. The lowest BCUT2D eigenvalue weighted by atomic mass is 9.90. The van der Waals surface area contributed by atoms with Crippen LogP contribution in [0.4, 0.5) is 4.39 Å². The van der Waals surface area contributed by atoms with Crippen molar-refractivity contribution in [3.63, 3.8) is 0 Å². The maximum absolute atomic E-state index is 13.8. The molecule has 1 N–H and O–H groups in total. The summed E-state index contributed by atoms with van der Waals surface area (Å²) in [5.41, 5.74) is 3.99. The smallest absolute Gasteiger partial charge is 0.254 e. The molecule has 6 heteroatoms. The lowest BCUT2D eigenvalue weighted by molar-refractivity contribution is 0.0721. The fourth-order valence-electron chi connectivity index (χ4n) is 3.62. The van der Waals surface area contributed by atoms with Crippen LogP contribution in [0.3, 0.4) is 0 Å². The van der Waals surface area contributed by atoms with Crippen molar-refractivity contribution in [1.82, 2.24) is 14.9 Å². The second kappa shape index (κ2) is 6.87. The van der Waals surface area contributed by atoms with Crippen molar-refractivity contribution in [2.45, 2.75) is 19.4 Å². The zero-order valence-electron chi connectivity index (χ0n) is 15.2. The summed E-state index contributed by atoms with van der Waals surface area (Å²) in [5, 5.41) is 0. The number of aryl methyl sites for hydroxylation is 1. The molecule has 0 fully saturated rings. The Kier molecular flexibility index (Phi) is 4.39. The number of rotatable bonds is 3. The van der Waals surface area contributed by atoms with Gasteiger partial charge in [-0.3, -0.25) is 4.79 Å². The van der Waals surface area contributed by atoms with Gasteiger partial charge in [0, 0.05) is 18.0 Å². The minimum absolute atomic E-state index is 0.0514. The summed E-state index contributed by atoms with van der Waals surface area (Å²) in [7, 11) is 1.63. The Bertz CT molecular complexity index is 961. The van der Waals surface area contributed by atoms with E-state index in [-0.39, 0.29) is 11.8 Å². The highest BCUT2D eigenvalue weighted by atomic mass is 19.1. The third kappa shape index (κ3) is 3.30. The quantitative estimate of drug-likeness (QED) is 0.771. The number of imidazole rings is 1. The molecule has 2 heterocycles. The standard InChI is InChI=1S/C21H20FN3O2/c1-13-7-15(9-16(22)8-13)21(26)25-10-18(20-19(11-25)23-12-24-20)14-3-5-17(27-2)6-4-14/h3-9,12,18H,10-11H2,1-2H3,(H,23,24). The SMILES string of the molecule is COc1ccc(C2CN(C(=O)c3cc(C)cc(F)c3)Cc3[nH]cnc32)cc1. The Morgan fingerprint density at radius 1 is 1.26 bits per heavy atom. The third-order valence-electron chi connectivity index (χ3n) is 4.93. The molecule has 4 rings (SSSR count). The first-order valence-corrected chi connectivity index (χ1v) is 8.77. The van der Waals surface area contributed by atoms with Gasteiger partial charge in [0.05, 0.1) is 31.4 Å². The average Bonchev–Trinajstić information content (AvgIpc) is 3.14. The van der Waals surface area contributed by atoms with E-state index >= 15 is 0 Å². The van der Waals surface area contributed by atoms with Crippen molar-refractivity contribution in [3.05, 3.63) is 82.7 Å². The fourth-order valence-corrected chi connectivity index (χ4v) is 3.62. The van der Waals surface area contributed by atoms with Crippen molar-refractivity contribution in [1.29, 1.82) is 0 Å². The number of H-pyrrole nitrogens is 1. The van der Waals surface area contributed by atoms with E-state index in [0.29, 0.717) is 18.7 Å². The molecule has 0 bridgehead atoms. The monoisotopic (exact) mass is 365 g/mol. The number of ether oxygens (including phenoxy) is 1. The Morgan fingerprint density at radius 2 is 2.04 bits per heavy atom. The van der Waals surface area contributed by atoms with Gasteiger partial charge < -0.3 is 14.6 Å². The molecule has 3 aromatic rings. The Morgan fingerprint density at radius 3 is 2.74 bits per heavy atom. The highest BCUT2D eigenvalue weighted by Gasteiger charge is 2.32. The van der Waals surface area contributed by atoms with E-state index in [4.69, 9.17) is 4.74 Å². The van der Waals surface area contributed by atoms with Crippen LogP contribution in [0.15, 0.2) is 48.8 Å². The molecule has 1 atom stereocenters. The van der Waals surface area contributed by atoms with E-state index in [1.807, 2.05) is 24.3 Å². The maximum Gasteiger partial charge on any atom is 0.254 e. The fraction of sp³-hybridized carbons (Fsp3) is 0.238. The number of benzene rings is 2. The molecule has 1 amide bonds. The number of nitrogens with zero attached hydrogens (tertiary/aromatic N) is 2. The summed E-state index contributed by atoms with van der Waals surface area (Å²) in [5.74, 6) is 0.144. The topological polar surface area (TPSA) is 58.2 Å². The van der Waals surface area contributed by atoms with Crippen LogP contribution in [-0.4, -0.2) is 34.4 Å². The number of halogens is 1. The number of methoxy groups -OCH3 is 1. The van der Waals surface area contributed by atoms with Crippen LogP contribution in [0.5, 0.6) is 5.75 Å². The van der Waals surface area contributed by atoms with Gasteiger partial charge in [-0.05, 0) is 48.4 Å². The highest BCUT2D eigenvalue weighted by Crippen LogP contribution is 2.33. The minimum atomic E-state index is -0.399. The Labute approximate surface area is 156 Å². The van der Waals surface area contributed by atoms with Crippen LogP contribution < -0.4 is 4.74 Å². The Balaban J connectivity index is 1.67. The van der Waals surface area contributed by atoms with Crippen molar-refractivity contribution in [2.24, 2.45) is 0 Å². The molecule has 0 aliphatic carbocycles. The maximum atomic E-state index is 13.8. The van der Waals surface area contributed by atoms with Gasteiger partial charge in [0.15, 0.2) is 0 Å². The molecule has 5 nitrogen and oxygen atoms in total. The molecule has 27 heavy (non-hydrogen) atoms. The summed E-state index contributed by atoms with van der Waals surface area (Å²) in [6.45, 7) is 2.69. The average molecular weight is 365 g/mol. The molecule has 0 saturated heterocycles. The molecule has 0 spiro atoms. The molecule has 1 aromatic heterocycles. The predicted octanol–water partition coefficient (Wildman–Crippen LogP) is 3.65. The first kappa shape index (κ1) is 17.3. The van der Waals surface area contributed by atoms with Gasteiger partial charge in [-0.1, -0.05) is 12.1 Å². The van der Waals surface area contributed by atoms with Crippen molar-refractivity contribution < 1.29 is 13.9 Å². The van der Waals surface area contributed by atoms with E-state index < -0.39 is 5.82 Å². The highest BCUT2D eigenvalue weighted by molar-refractivity contribution is 5.94. The summed E-state index contributed by atoms with van der Waals surface area (Å²) < 4.78 is 19.0. The molecule has 0 radical (unpaired) electrons. The minimum Gasteiger partial charge on any atom is -0.497 e. The number of hydrogen-bond donors (Lipinski definition) is 1. The van der Waals surface area contributed by atoms with Gasteiger partial charge in [0.25, 0.3) is 5.91 Å². The van der Waals surface area contributed by atoms with Crippen molar-refractivity contribution in [3.8, 4) is 5.75 Å². The largest absolute Gasteiger partial charge is 0.497 e. The normalized spacial score (nSPS) is 16.1. The van der Waals surface area contributed by atoms with Gasteiger partial charge in [-0.15, -0.1) is 0 Å². The first-order chi connectivity index (χ1) is 13.0. The van der Waals surface area contributed by atoms with Crippen LogP contribution in [0, 0.1) is 12.7 Å². The van der Waals surface area contributed by atoms with Gasteiger partial charge in [-0.25, -0.2) is 9.37 Å². The molecule has 138 valence electrons. The summed E-state index contributed by atoms with van der Waals surface area (Å²) >= 11 is 0. The van der Waals surface area contributed by atoms with Gasteiger partial charge in [0.2, 0.25) is 0 Å². The number of hydrogen-bond acceptors (Lipinski definition) is 3. The van der Waals surface area contributed by atoms with Crippen molar-refractivity contribution in [2.75, 3.05) is 13.7 Å². The van der Waals surface area contributed by atoms with E-state index in [1.54, 1.807) is 31.3 Å². The van der Waals surface area contributed by atoms with Crippen LogP contribution in [0.25, 0.3) is 0 Å². The first-order valence-electron chi connectivity index (χ1n) is 8.77. The molecule has 1 aliphatic rings. The summed E-state index contributed by atoms with van der Waals surface area (Å²) in [6, 6.07) is 12.2. The second-order valence-corrected chi connectivity index (χ2v) is 6.80. The Hall–Kier alpha value is -3.15. The molecule has 0 saturated carbocycles. The van der Waals surface area contributed by atoms with E-state index in [1.165, 1.54) is 12.1 Å². The summed E-state index contributed by atoms with van der Waals surface area (Å²) in [4.78, 5) is 22.4. The molecular formula is C21H20FN3O2. The van der Waals surface area contributed by atoms with E-state index in [9.17, 15) is 9.18 Å². The van der Waals surface area contributed by atoms with Crippen LogP contribution >= 0.6 is 0 Å². The van der Waals surface area contributed by atoms with Crippen LogP contribution in [0.1, 0.15) is 38.8 Å². The van der Waals surface area contributed by atoms with Gasteiger partial charge in [0.1, 0.15) is 11.6 Å². The predicted molar refractivity (Wildman–Crippen MR) is 99.3 cm³/mol. The van der Waals surface area contributed by atoms with Crippen LogP contribution in [-0.2, 0) is 6.54 Å². The molecule has 2 aromatic carbocycles. The number of aromatic amines is 1. The van der Waals surface area contributed by atoms with Gasteiger partial charge in [-0.2, -0.15) is 0 Å². The zero-order valence-corrected chi connectivity index (χ0v) is 15.2. The van der Waals surface area contributed by atoms with Crippen molar-refractivity contribution >= 4 is 5.91 Å². The van der Waals surface area contributed by atoms with E-state index in [0.717, 1.165) is 28.3 Å². The number of carbonyl (C=O) groups excluding carboxylic acids is 1. The number of carbonyl (C=O) groups is 1. The molecular weight excluding hydrogens is 345 g/mol. The second-order valence-electron chi connectivity index (χ2n) is 6.80. The number of amides is 1. The molecule has 1 unspecified atom stereocenters. The lowest BCUT2D eigenvalue weighted by Gasteiger charge is -2.32. The number of fused-ring (bicyclic) bond motifs is 1. The van der Waals surface area contributed by atoms with E-state index in [2.05, 4.69) is 9.97 Å². The van der Waals surface area contributed by atoms with Gasteiger partial charge >= 0.3 is 0 Å². The molecule has 1 aliphatic heterocycles. The zero-order chi connectivity index (χ0) is 19.0. The van der Waals surface area contributed by atoms with Crippen LogP contribution in [0.2, 0.25) is 0 Å². The lowest BCUT2D eigenvalue weighted by Crippen LogP contribution is -2.38. The summed E-state index contributed by atoms with van der Waals surface area (Å²) in [6.07, 6.45) is 1.65.